The second-order valence-corrected chi connectivity index (χ2v) is 7.09. The number of hydrogen-bond acceptors (Lipinski definition) is 6. The molecule has 2 heterocycles. The summed E-state index contributed by atoms with van der Waals surface area (Å²) in [6, 6.07) is 0. The number of aromatic nitrogens is 2. The summed E-state index contributed by atoms with van der Waals surface area (Å²) >= 11 is 7.63. The zero-order valence-corrected chi connectivity index (χ0v) is 12.4. The topological polar surface area (TPSA) is 72.2 Å². The van der Waals surface area contributed by atoms with E-state index in [1.54, 1.807) is 0 Å². The van der Waals surface area contributed by atoms with Crippen molar-refractivity contribution in [3.8, 4) is 0 Å². The maximum absolute atomic E-state index is 11.0. The van der Waals surface area contributed by atoms with Gasteiger partial charge in [0.25, 0.3) is 0 Å². The highest BCUT2D eigenvalue weighted by Gasteiger charge is 2.28. The van der Waals surface area contributed by atoms with E-state index in [2.05, 4.69) is 23.8 Å². The van der Waals surface area contributed by atoms with E-state index in [1.165, 1.54) is 6.20 Å². The van der Waals surface area contributed by atoms with Gasteiger partial charge in [-0.25, -0.2) is 4.98 Å². The van der Waals surface area contributed by atoms with E-state index >= 15 is 0 Å². The summed E-state index contributed by atoms with van der Waals surface area (Å²) in [5.74, 6) is 1.23. The van der Waals surface area contributed by atoms with Crippen LogP contribution in [0.15, 0.2) is 6.20 Å². The summed E-state index contributed by atoms with van der Waals surface area (Å²) < 4.78 is 0.181. The first-order valence-electron chi connectivity index (χ1n) is 5.95. The number of hydrogen-bond donors (Lipinski definition) is 0. The largest absolute Gasteiger partial charge is 0.350 e. The van der Waals surface area contributed by atoms with Crippen LogP contribution in [0.2, 0.25) is 5.28 Å². The lowest BCUT2D eigenvalue weighted by Gasteiger charge is -2.23. The highest BCUT2D eigenvalue weighted by atomic mass is 35.5. The average molecular weight is 303 g/mol. The van der Waals surface area contributed by atoms with Crippen molar-refractivity contribution in [2.75, 3.05) is 23.7 Å². The smallest absolute Gasteiger partial charge is 0.329 e. The third-order valence-corrected chi connectivity index (χ3v) is 4.61. The molecule has 0 aliphatic carbocycles. The summed E-state index contributed by atoms with van der Waals surface area (Å²) in [4.78, 5) is 20.2. The molecule has 0 amide bonds. The SMILES string of the molecule is CC1(C)CCN(c2nc(Cl)ncc2[N+](=O)[O-])CCS1. The third-order valence-electron chi connectivity index (χ3n) is 3.05. The first-order valence-corrected chi connectivity index (χ1v) is 7.31. The first kappa shape index (κ1) is 14.3. The Labute approximate surface area is 120 Å². The van der Waals surface area contributed by atoms with Crippen molar-refractivity contribution < 1.29 is 4.92 Å². The second kappa shape index (κ2) is 5.50. The molecule has 1 aliphatic rings. The molecule has 1 aromatic rings. The van der Waals surface area contributed by atoms with E-state index in [0.717, 1.165) is 25.3 Å². The molecule has 104 valence electrons. The van der Waals surface area contributed by atoms with Gasteiger partial charge in [-0.1, -0.05) is 13.8 Å². The zero-order valence-electron chi connectivity index (χ0n) is 10.8. The molecule has 2 rings (SSSR count). The molecular weight excluding hydrogens is 288 g/mol. The molecule has 0 saturated carbocycles. The average Bonchev–Trinajstić information content (AvgIpc) is 2.49. The van der Waals surface area contributed by atoms with E-state index in [4.69, 9.17) is 11.6 Å². The Morgan fingerprint density at radius 3 is 2.95 bits per heavy atom. The Morgan fingerprint density at radius 1 is 1.53 bits per heavy atom. The summed E-state index contributed by atoms with van der Waals surface area (Å²) in [5.41, 5.74) is -0.0888. The van der Waals surface area contributed by atoms with Crippen LogP contribution >= 0.6 is 23.4 Å². The van der Waals surface area contributed by atoms with Crippen LogP contribution in [0.5, 0.6) is 0 Å². The molecule has 1 aromatic heterocycles. The third kappa shape index (κ3) is 3.48. The van der Waals surface area contributed by atoms with Gasteiger partial charge in [0.2, 0.25) is 11.1 Å². The summed E-state index contributed by atoms with van der Waals surface area (Å²) in [5, 5.41) is 11.1. The predicted octanol–water partition coefficient (Wildman–Crippen LogP) is 2.76. The van der Waals surface area contributed by atoms with Crippen LogP contribution in [0.4, 0.5) is 11.5 Å². The Hall–Kier alpha value is -1.08. The molecule has 8 heteroatoms. The quantitative estimate of drug-likeness (QED) is 0.475. The van der Waals surface area contributed by atoms with Gasteiger partial charge < -0.3 is 4.90 Å². The fourth-order valence-corrected chi connectivity index (χ4v) is 3.17. The number of nitrogens with zero attached hydrogens (tertiary/aromatic N) is 4. The maximum atomic E-state index is 11.0. The minimum atomic E-state index is -0.463. The Bertz CT molecular complexity index is 498. The zero-order chi connectivity index (χ0) is 14.0. The number of anilines is 1. The van der Waals surface area contributed by atoms with Crippen LogP contribution in [0.25, 0.3) is 0 Å². The molecular formula is C11H15ClN4O2S. The van der Waals surface area contributed by atoms with Gasteiger partial charge in [-0.3, -0.25) is 10.1 Å². The normalized spacial score (nSPS) is 19.0. The standard InChI is InChI=1S/C11H15ClN4O2S/c1-11(2)3-4-15(5-6-19-11)9-8(16(17)18)7-13-10(12)14-9/h7H,3-6H2,1-2H3. The number of rotatable bonds is 2. The van der Waals surface area contributed by atoms with Gasteiger partial charge in [0, 0.05) is 23.6 Å². The second-order valence-electron chi connectivity index (χ2n) is 4.95. The Kier molecular flexibility index (Phi) is 4.15. The van der Waals surface area contributed by atoms with Crippen molar-refractivity contribution in [3.05, 3.63) is 21.6 Å². The van der Waals surface area contributed by atoms with Crippen molar-refractivity contribution in [2.45, 2.75) is 25.0 Å². The van der Waals surface area contributed by atoms with Crippen LogP contribution in [-0.4, -0.2) is 38.5 Å². The van der Waals surface area contributed by atoms with Crippen LogP contribution in [0.3, 0.4) is 0 Å². The van der Waals surface area contributed by atoms with Crippen molar-refractivity contribution in [2.24, 2.45) is 0 Å². The predicted molar refractivity (Wildman–Crippen MR) is 77.1 cm³/mol. The van der Waals surface area contributed by atoms with Gasteiger partial charge >= 0.3 is 5.69 Å². The van der Waals surface area contributed by atoms with Crippen molar-refractivity contribution in [1.29, 1.82) is 0 Å². The first-order chi connectivity index (χ1) is 8.89. The van der Waals surface area contributed by atoms with Crippen molar-refractivity contribution in [1.82, 2.24) is 9.97 Å². The molecule has 6 nitrogen and oxygen atoms in total. The minimum absolute atomic E-state index is 0.0387. The molecule has 1 aliphatic heterocycles. The summed E-state index contributed by atoms with van der Waals surface area (Å²) in [7, 11) is 0. The fourth-order valence-electron chi connectivity index (χ4n) is 1.94. The number of halogens is 1. The van der Waals surface area contributed by atoms with Crippen LogP contribution in [0, 0.1) is 10.1 Å². The molecule has 0 atom stereocenters. The lowest BCUT2D eigenvalue weighted by molar-refractivity contribution is -0.384. The van der Waals surface area contributed by atoms with E-state index in [9.17, 15) is 10.1 Å². The van der Waals surface area contributed by atoms with Gasteiger partial charge in [-0.05, 0) is 18.0 Å². The van der Waals surface area contributed by atoms with Crippen molar-refractivity contribution >= 4 is 34.9 Å². The van der Waals surface area contributed by atoms with Gasteiger partial charge in [-0.2, -0.15) is 16.7 Å². The molecule has 0 bridgehead atoms. The summed E-state index contributed by atoms with van der Waals surface area (Å²) in [6.45, 7) is 5.82. The lowest BCUT2D eigenvalue weighted by Crippen LogP contribution is -2.28. The molecule has 1 saturated heterocycles. The van der Waals surface area contributed by atoms with Gasteiger partial charge in [0.15, 0.2) is 0 Å². The highest BCUT2D eigenvalue weighted by molar-refractivity contribution is 8.00. The number of thioether (sulfide) groups is 1. The molecule has 1 fully saturated rings. The minimum Gasteiger partial charge on any atom is -0.350 e. The van der Waals surface area contributed by atoms with Gasteiger partial charge in [0.05, 0.1) is 4.92 Å². The Morgan fingerprint density at radius 2 is 2.26 bits per heavy atom. The van der Waals surface area contributed by atoms with E-state index in [1.807, 2.05) is 16.7 Å². The molecule has 0 radical (unpaired) electrons. The fraction of sp³-hybridized carbons (Fsp3) is 0.636. The van der Waals surface area contributed by atoms with Crippen LogP contribution in [0.1, 0.15) is 20.3 Å². The molecule has 19 heavy (non-hydrogen) atoms. The van der Waals surface area contributed by atoms with Crippen molar-refractivity contribution in [3.63, 3.8) is 0 Å². The summed E-state index contributed by atoms with van der Waals surface area (Å²) in [6.07, 6.45) is 2.12. The lowest BCUT2D eigenvalue weighted by atomic mass is 10.1. The van der Waals surface area contributed by atoms with Crippen LogP contribution in [-0.2, 0) is 0 Å². The van der Waals surface area contributed by atoms with Gasteiger partial charge in [-0.15, -0.1) is 0 Å². The maximum Gasteiger partial charge on any atom is 0.329 e. The number of nitro groups is 1. The van der Waals surface area contributed by atoms with Gasteiger partial charge in [0.1, 0.15) is 6.20 Å². The highest BCUT2D eigenvalue weighted by Crippen LogP contribution is 2.34. The monoisotopic (exact) mass is 302 g/mol. The van der Waals surface area contributed by atoms with E-state index in [0.29, 0.717) is 5.82 Å². The molecule has 0 aromatic carbocycles. The van der Waals surface area contributed by atoms with E-state index < -0.39 is 4.92 Å². The van der Waals surface area contributed by atoms with E-state index in [-0.39, 0.29) is 15.7 Å². The molecule has 0 N–H and O–H groups in total. The molecule has 0 spiro atoms. The Balaban J connectivity index is 2.30. The molecule has 0 unspecified atom stereocenters. The van der Waals surface area contributed by atoms with Crippen LogP contribution < -0.4 is 4.90 Å².